The molecule has 6 nitrogen and oxygen atoms in total. The van der Waals surface area contributed by atoms with Gasteiger partial charge in [-0.2, -0.15) is 0 Å². The Morgan fingerprint density at radius 2 is 2.17 bits per heavy atom. The van der Waals surface area contributed by atoms with E-state index in [1.54, 1.807) is 12.7 Å². The van der Waals surface area contributed by atoms with E-state index >= 15 is 0 Å². The van der Waals surface area contributed by atoms with Crippen molar-refractivity contribution in [3.05, 3.63) is 12.7 Å². The Hall–Kier alpha value is -1.69. The Morgan fingerprint density at radius 1 is 1.33 bits per heavy atom. The van der Waals surface area contributed by atoms with Crippen LogP contribution in [0.5, 0.6) is 0 Å². The maximum Gasteiger partial charge on any atom is 0.165 e. The normalized spacial score (nSPS) is 24.7. The first kappa shape index (κ1) is 11.4. The van der Waals surface area contributed by atoms with Crippen LogP contribution in [0.1, 0.15) is 13.3 Å². The summed E-state index contributed by atoms with van der Waals surface area (Å²) < 4.78 is 1.91. The van der Waals surface area contributed by atoms with Crippen LogP contribution in [0.2, 0.25) is 0 Å². The summed E-state index contributed by atoms with van der Waals surface area (Å²) in [5, 5.41) is 0. The van der Waals surface area contributed by atoms with Crippen LogP contribution in [0.3, 0.4) is 0 Å². The standard InChI is InChI=1S/C12H18N6/c1-8-3-4-18(5-9(8)13)12-10-11(14-6-15-12)17(2)7-16-10/h6-9H,3-5,13H2,1-2H3. The molecule has 6 heteroatoms. The molecule has 0 spiro atoms. The Balaban J connectivity index is 1.99. The van der Waals surface area contributed by atoms with Gasteiger partial charge in [0, 0.05) is 26.2 Å². The fraction of sp³-hybridized carbons (Fsp3) is 0.583. The Labute approximate surface area is 106 Å². The SMILES string of the molecule is CC1CCN(c2ncnc3c2ncn3C)CC1N. The molecule has 2 aromatic rings. The smallest absolute Gasteiger partial charge is 0.165 e. The number of hydrogen-bond acceptors (Lipinski definition) is 5. The monoisotopic (exact) mass is 246 g/mol. The number of aromatic nitrogens is 4. The summed E-state index contributed by atoms with van der Waals surface area (Å²) in [6.45, 7) is 4.03. The van der Waals surface area contributed by atoms with Crippen LogP contribution in [-0.2, 0) is 7.05 Å². The van der Waals surface area contributed by atoms with Crippen molar-refractivity contribution in [1.29, 1.82) is 0 Å². The predicted octanol–water partition coefficient (Wildman–Crippen LogP) is 0.537. The predicted molar refractivity (Wildman–Crippen MR) is 70.3 cm³/mol. The lowest BCUT2D eigenvalue weighted by Crippen LogP contribution is -2.48. The number of imidazole rings is 1. The number of nitrogens with zero attached hydrogens (tertiary/aromatic N) is 5. The molecule has 2 unspecified atom stereocenters. The summed E-state index contributed by atoms with van der Waals surface area (Å²) in [6, 6.07) is 0.201. The highest BCUT2D eigenvalue weighted by molar-refractivity contribution is 5.83. The molecule has 1 aliphatic heterocycles. The van der Waals surface area contributed by atoms with Crippen molar-refractivity contribution in [3.63, 3.8) is 0 Å². The van der Waals surface area contributed by atoms with Crippen molar-refractivity contribution in [2.24, 2.45) is 18.7 Å². The van der Waals surface area contributed by atoms with E-state index in [-0.39, 0.29) is 6.04 Å². The molecule has 1 fully saturated rings. The van der Waals surface area contributed by atoms with Crippen molar-refractivity contribution in [3.8, 4) is 0 Å². The van der Waals surface area contributed by atoms with Crippen LogP contribution in [0.4, 0.5) is 5.82 Å². The summed E-state index contributed by atoms with van der Waals surface area (Å²) in [5.41, 5.74) is 7.88. The summed E-state index contributed by atoms with van der Waals surface area (Å²) in [6.07, 6.45) is 4.47. The molecular weight excluding hydrogens is 228 g/mol. The molecule has 3 rings (SSSR count). The molecule has 1 aliphatic rings. The number of piperidine rings is 1. The summed E-state index contributed by atoms with van der Waals surface area (Å²) in [7, 11) is 1.94. The summed E-state index contributed by atoms with van der Waals surface area (Å²) >= 11 is 0. The maximum absolute atomic E-state index is 6.14. The Kier molecular flexibility index (Phi) is 2.66. The summed E-state index contributed by atoms with van der Waals surface area (Å²) in [4.78, 5) is 15.3. The zero-order valence-corrected chi connectivity index (χ0v) is 10.7. The van der Waals surface area contributed by atoms with Crippen molar-refractivity contribution >= 4 is 17.0 Å². The van der Waals surface area contributed by atoms with E-state index < -0.39 is 0 Å². The largest absolute Gasteiger partial charge is 0.353 e. The van der Waals surface area contributed by atoms with E-state index in [0.29, 0.717) is 5.92 Å². The van der Waals surface area contributed by atoms with E-state index in [4.69, 9.17) is 5.73 Å². The second-order valence-electron chi connectivity index (χ2n) is 5.10. The van der Waals surface area contributed by atoms with Gasteiger partial charge in [-0.15, -0.1) is 0 Å². The quantitative estimate of drug-likeness (QED) is 0.795. The van der Waals surface area contributed by atoms with E-state index in [1.165, 1.54) is 0 Å². The molecule has 18 heavy (non-hydrogen) atoms. The number of rotatable bonds is 1. The Morgan fingerprint density at radius 3 is 2.94 bits per heavy atom. The van der Waals surface area contributed by atoms with Crippen molar-refractivity contribution in [2.45, 2.75) is 19.4 Å². The molecular formula is C12H18N6. The molecule has 2 atom stereocenters. The van der Waals surface area contributed by atoms with Gasteiger partial charge in [-0.3, -0.25) is 0 Å². The fourth-order valence-electron chi connectivity index (χ4n) is 2.46. The van der Waals surface area contributed by atoms with Crippen molar-refractivity contribution < 1.29 is 0 Å². The number of fused-ring (bicyclic) bond motifs is 1. The minimum absolute atomic E-state index is 0.201. The molecule has 0 bridgehead atoms. The molecule has 0 aliphatic carbocycles. The lowest BCUT2D eigenvalue weighted by molar-refractivity contribution is 0.378. The van der Waals surface area contributed by atoms with E-state index in [0.717, 1.165) is 36.5 Å². The molecule has 0 aromatic carbocycles. The molecule has 0 amide bonds. The molecule has 1 saturated heterocycles. The number of anilines is 1. The highest BCUT2D eigenvalue weighted by Crippen LogP contribution is 2.25. The molecule has 96 valence electrons. The molecule has 2 N–H and O–H groups in total. The molecule has 0 radical (unpaired) electrons. The topological polar surface area (TPSA) is 72.9 Å². The third-order valence-corrected chi connectivity index (χ3v) is 3.79. The first-order valence-electron chi connectivity index (χ1n) is 6.29. The van der Waals surface area contributed by atoms with Gasteiger partial charge in [0.15, 0.2) is 17.0 Å². The third-order valence-electron chi connectivity index (χ3n) is 3.79. The van der Waals surface area contributed by atoms with Gasteiger partial charge in [0.2, 0.25) is 0 Å². The zero-order valence-electron chi connectivity index (χ0n) is 10.7. The number of hydrogen-bond donors (Lipinski definition) is 1. The molecule has 3 heterocycles. The fourth-order valence-corrected chi connectivity index (χ4v) is 2.46. The van der Waals surface area contributed by atoms with E-state index in [2.05, 4.69) is 26.8 Å². The van der Waals surface area contributed by atoms with Crippen molar-refractivity contribution in [1.82, 2.24) is 19.5 Å². The summed E-state index contributed by atoms with van der Waals surface area (Å²) in [5.74, 6) is 1.48. The molecule has 0 saturated carbocycles. The van der Waals surface area contributed by atoms with Crippen LogP contribution >= 0.6 is 0 Å². The van der Waals surface area contributed by atoms with Crippen LogP contribution in [0, 0.1) is 5.92 Å². The minimum atomic E-state index is 0.201. The van der Waals surface area contributed by atoms with Crippen LogP contribution in [-0.4, -0.2) is 38.7 Å². The number of aryl methyl sites for hydroxylation is 1. The van der Waals surface area contributed by atoms with Gasteiger partial charge < -0.3 is 15.2 Å². The van der Waals surface area contributed by atoms with Gasteiger partial charge in [-0.25, -0.2) is 15.0 Å². The van der Waals surface area contributed by atoms with Gasteiger partial charge in [0.1, 0.15) is 6.33 Å². The van der Waals surface area contributed by atoms with Gasteiger partial charge in [0.25, 0.3) is 0 Å². The first-order chi connectivity index (χ1) is 8.66. The van der Waals surface area contributed by atoms with E-state index in [1.807, 2.05) is 11.6 Å². The van der Waals surface area contributed by atoms with Crippen molar-refractivity contribution in [2.75, 3.05) is 18.0 Å². The number of nitrogens with two attached hydrogens (primary N) is 1. The lowest BCUT2D eigenvalue weighted by atomic mass is 9.94. The van der Waals surface area contributed by atoms with Crippen LogP contribution < -0.4 is 10.6 Å². The van der Waals surface area contributed by atoms with Gasteiger partial charge in [-0.1, -0.05) is 6.92 Å². The lowest BCUT2D eigenvalue weighted by Gasteiger charge is -2.35. The van der Waals surface area contributed by atoms with Gasteiger partial charge in [-0.05, 0) is 12.3 Å². The highest BCUT2D eigenvalue weighted by Gasteiger charge is 2.25. The van der Waals surface area contributed by atoms with Gasteiger partial charge in [0.05, 0.1) is 6.33 Å². The minimum Gasteiger partial charge on any atom is -0.353 e. The first-order valence-corrected chi connectivity index (χ1v) is 6.29. The zero-order chi connectivity index (χ0) is 12.7. The van der Waals surface area contributed by atoms with Gasteiger partial charge >= 0.3 is 0 Å². The van der Waals surface area contributed by atoms with Crippen LogP contribution in [0.25, 0.3) is 11.2 Å². The Bertz CT molecular complexity index is 563. The van der Waals surface area contributed by atoms with E-state index in [9.17, 15) is 0 Å². The average molecular weight is 246 g/mol. The average Bonchev–Trinajstić information content (AvgIpc) is 2.75. The van der Waals surface area contributed by atoms with Crippen LogP contribution in [0.15, 0.2) is 12.7 Å². The maximum atomic E-state index is 6.14. The second kappa shape index (κ2) is 4.20. The highest BCUT2D eigenvalue weighted by atomic mass is 15.2. The second-order valence-corrected chi connectivity index (χ2v) is 5.10. The molecule has 2 aromatic heterocycles. The third kappa shape index (κ3) is 1.73.